The molecule has 1 aromatic carbocycles. The first-order valence-corrected chi connectivity index (χ1v) is 7.37. The van der Waals surface area contributed by atoms with Crippen molar-refractivity contribution >= 4 is 11.6 Å². The number of rotatable bonds is 4. The van der Waals surface area contributed by atoms with Gasteiger partial charge >= 0.3 is 0 Å². The molecular formula is C18H15N3O3. The van der Waals surface area contributed by atoms with Crippen LogP contribution in [-0.4, -0.2) is 15.5 Å². The molecule has 3 rings (SSSR count). The van der Waals surface area contributed by atoms with E-state index in [-0.39, 0.29) is 11.1 Å². The first-order chi connectivity index (χ1) is 11.6. The van der Waals surface area contributed by atoms with Gasteiger partial charge in [0, 0.05) is 24.1 Å². The second kappa shape index (κ2) is 6.78. The normalized spacial score (nSPS) is 10.3. The van der Waals surface area contributed by atoms with Gasteiger partial charge in [0.15, 0.2) is 0 Å². The molecule has 0 aliphatic rings. The van der Waals surface area contributed by atoms with Crippen LogP contribution in [-0.2, 0) is 6.54 Å². The van der Waals surface area contributed by atoms with Gasteiger partial charge in [-0.3, -0.25) is 14.4 Å². The molecule has 0 fully saturated rings. The number of amides is 1. The van der Waals surface area contributed by atoms with Crippen LogP contribution in [0.1, 0.15) is 15.9 Å². The number of nitrogens with zero attached hydrogens (tertiary/aromatic N) is 1. The number of hydrogen-bond acceptors (Lipinski definition) is 3. The summed E-state index contributed by atoms with van der Waals surface area (Å²) >= 11 is 0. The maximum atomic E-state index is 12.1. The molecule has 24 heavy (non-hydrogen) atoms. The van der Waals surface area contributed by atoms with Gasteiger partial charge in [-0.2, -0.15) is 0 Å². The molecule has 2 heterocycles. The number of nitrogens with one attached hydrogen (secondary N) is 2. The molecule has 0 aliphatic carbocycles. The summed E-state index contributed by atoms with van der Waals surface area (Å²) in [5, 5.41) is 2.67. The average molecular weight is 321 g/mol. The Morgan fingerprint density at radius 1 is 1.00 bits per heavy atom. The van der Waals surface area contributed by atoms with E-state index in [9.17, 15) is 14.4 Å². The highest BCUT2D eigenvalue weighted by Crippen LogP contribution is 2.11. The highest BCUT2D eigenvalue weighted by molar-refractivity contribution is 6.03. The average Bonchev–Trinajstić information content (AvgIpc) is 2.59. The second-order valence-electron chi connectivity index (χ2n) is 5.23. The van der Waals surface area contributed by atoms with Crippen LogP contribution in [0, 0.1) is 0 Å². The van der Waals surface area contributed by atoms with E-state index in [0.717, 1.165) is 5.56 Å². The Morgan fingerprint density at radius 2 is 1.79 bits per heavy atom. The maximum absolute atomic E-state index is 12.1. The van der Waals surface area contributed by atoms with Gasteiger partial charge in [0.2, 0.25) is 0 Å². The summed E-state index contributed by atoms with van der Waals surface area (Å²) in [4.78, 5) is 37.8. The van der Waals surface area contributed by atoms with Gasteiger partial charge in [-0.05, 0) is 35.9 Å². The molecule has 0 saturated heterocycles. The van der Waals surface area contributed by atoms with Crippen LogP contribution in [0.2, 0.25) is 0 Å². The molecule has 3 aromatic rings. The molecular weight excluding hydrogens is 306 g/mol. The summed E-state index contributed by atoms with van der Waals surface area (Å²) in [7, 11) is 0. The number of H-pyrrole nitrogens is 1. The van der Waals surface area contributed by atoms with Crippen molar-refractivity contribution in [3.63, 3.8) is 0 Å². The third-order valence-corrected chi connectivity index (χ3v) is 3.53. The van der Waals surface area contributed by atoms with Gasteiger partial charge in [-0.15, -0.1) is 0 Å². The highest BCUT2D eigenvalue weighted by atomic mass is 16.2. The third kappa shape index (κ3) is 3.49. The van der Waals surface area contributed by atoms with Crippen LogP contribution in [0.15, 0.2) is 76.6 Å². The Kier molecular flexibility index (Phi) is 4.38. The summed E-state index contributed by atoms with van der Waals surface area (Å²) in [6.45, 7) is 0.451. The van der Waals surface area contributed by atoms with E-state index in [1.807, 2.05) is 12.1 Å². The van der Waals surface area contributed by atoms with Crippen LogP contribution in [0.5, 0.6) is 0 Å². The predicted molar refractivity (Wildman–Crippen MR) is 91.3 cm³/mol. The summed E-state index contributed by atoms with van der Waals surface area (Å²) in [5.74, 6) is -0.469. The van der Waals surface area contributed by atoms with Gasteiger partial charge in [0.1, 0.15) is 5.56 Å². The SMILES string of the molecule is O=C(Nc1ccc(Cn2ccccc2=O)cc1)c1ccc[nH]c1=O. The first kappa shape index (κ1) is 15.5. The van der Waals surface area contributed by atoms with Gasteiger partial charge in [0.25, 0.3) is 17.0 Å². The highest BCUT2D eigenvalue weighted by Gasteiger charge is 2.09. The van der Waals surface area contributed by atoms with E-state index in [2.05, 4.69) is 10.3 Å². The van der Waals surface area contributed by atoms with Crippen molar-refractivity contribution in [3.8, 4) is 0 Å². The number of benzene rings is 1. The first-order valence-electron chi connectivity index (χ1n) is 7.37. The minimum Gasteiger partial charge on any atom is -0.328 e. The van der Waals surface area contributed by atoms with Crippen molar-refractivity contribution in [1.82, 2.24) is 9.55 Å². The minimum atomic E-state index is -0.469. The molecule has 0 bridgehead atoms. The molecule has 0 saturated carbocycles. The van der Waals surface area contributed by atoms with E-state index < -0.39 is 11.5 Å². The summed E-state index contributed by atoms with van der Waals surface area (Å²) in [5.41, 5.74) is 1.05. The van der Waals surface area contributed by atoms with Gasteiger partial charge < -0.3 is 14.9 Å². The van der Waals surface area contributed by atoms with Crippen LogP contribution >= 0.6 is 0 Å². The van der Waals surface area contributed by atoms with E-state index in [0.29, 0.717) is 12.2 Å². The summed E-state index contributed by atoms with van der Waals surface area (Å²) in [6.07, 6.45) is 3.19. The molecule has 0 unspecified atom stereocenters. The number of pyridine rings is 2. The number of aromatic amines is 1. The Hall–Kier alpha value is -3.41. The molecule has 2 N–H and O–H groups in total. The lowest BCUT2D eigenvalue weighted by Crippen LogP contribution is -2.22. The van der Waals surface area contributed by atoms with Crippen molar-refractivity contribution in [2.75, 3.05) is 5.32 Å². The number of aromatic nitrogens is 2. The quantitative estimate of drug-likeness (QED) is 0.769. The van der Waals surface area contributed by atoms with Crippen molar-refractivity contribution < 1.29 is 4.79 Å². The second-order valence-corrected chi connectivity index (χ2v) is 5.23. The smallest absolute Gasteiger partial charge is 0.261 e. The Balaban J connectivity index is 1.72. The zero-order valence-corrected chi connectivity index (χ0v) is 12.7. The lowest BCUT2D eigenvalue weighted by Gasteiger charge is -2.08. The molecule has 0 spiro atoms. The fraction of sp³-hybridized carbons (Fsp3) is 0.0556. The fourth-order valence-corrected chi connectivity index (χ4v) is 2.28. The lowest BCUT2D eigenvalue weighted by molar-refractivity contribution is 0.102. The van der Waals surface area contributed by atoms with E-state index in [1.165, 1.54) is 18.3 Å². The lowest BCUT2D eigenvalue weighted by atomic mass is 10.2. The van der Waals surface area contributed by atoms with Crippen LogP contribution in [0.25, 0.3) is 0 Å². The number of carbonyl (C=O) groups excluding carboxylic acids is 1. The van der Waals surface area contributed by atoms with Gasteiger partial charge in [-0.25, -0.2) is 0 Å². The van der Waals surface area contributed by atoms with Gasteiger partial charge in [0.05, 0.1) is 6.54 Å². The van der Waals surface area contributed by atoms with Crippen LogP contribution in [0.4, 0.5) is 5.69 Å². The van der Waals surface area contributed by atoms with E-state index >= 15 is 0 Å². The fourth-order valence-electron chi connectivity index (χ4n) is 2.28. The predicted octanol–water partition coefficient (Wildman–Crippen LogP) is 1.84. The van der Waals surface area contributed by atoms with Crippen LogP contribution < -0.4 is 16.4 Å². The molecule has 2 aromatic heterocycles. The topological polar surface area (TPSA) is 84.0 Å². The molecule has 1 amide bonds. The molecule has 0 atom stereocenters. The number of hydrogen-bond donors (Lipinski definition) is 2. The third-order valence-electron chi connectivity index (χ3n) is 3.53. The molecule has 6 nitrogen and oxygen atoms in total. The Bertz CT molecular complexity index is 971. The van der Waals surface area contributed by atoms with Crippen LogP contribution in [0.3, 0.4) is 0 Å². The minimum absolute atomic E-state index is 0.0532. The van der Waals surface area contributed by atoms with Crippen molar-refractivity contribution in [2.45, 2.75) is 6.54 Å². The number of carbonyl (C=O) groups is 1. The summed E-state index contributed by atoms with van der Waals surface area (Å²) < 4.78 is 1.59. The standard InChI is InChI=1S/C18H15N3O3/c22-16-5-1-2-11-21(16)12-13-6-8-14(9-7-13)20-18(24)15-4-3-10-19-17(15)23/h1-11H,12H2,(H,19,23)(H,20,24). The van der Waals surface area contributed by atoms with E-state index in [4.69, 9.17) is 0 Å². The molecule has 120 valence electrons. The maximum Gasteiger partial charge on any atom is 0.261 e. The largest absolute Gasteiger partial charge is 0.328 e. The number of anilines is 1. The van der Waals surface area contributed by atoms with Crippen molar-refractivity contribution in [3.05, 3.63) is 98.8 Å². The Morgan fingerprint density at radius 3 is 2.50 bits per heavy atom. The zero-order valence-electron chi connectivity index (χ0n) is 12.7. The molecule has 0 radical (unpaired) electrons. The summed E-state index contributed by atoms with van der Waals surface area (Å²) in [6, 6.07) is 15.2. The Labute approximate surface area is 137 Å². The van der Waals surface area contributed by atoms with E-state index in [1.54, 1.807) is 41.1 Å². The van der Waals surface area contributed by atoms with Crippen molar-refractivity contribution in [2.24, 2.45) is 0 Å². The monoisotopic (exact) mass is 321 g/mol. The van der Waals surface area contributed by atoms with Gasteiger partial charge in [-0.1, -0.05) is 18.2 Å². The van der Waals surface area contributed by atoms with Crippen molar-refractivity contribution in [1.29, 1.82) is 0 Å². The molecule has 6 heteroatoms. The zero-order chi connectivity index (χ0) is 16.9. The molecule has 0 aliphatic heterocycles.